The number of hydrogen-bond acceptors (Lipinski definition) is 4. The van der Waals surface area contributed by atoms with Gasteiger partial charge < -0.3 is 9.64 Å². The van der Waals surface area contributed by atoms with Gasteiger partial charge >= 0.3 is 6.03 Å². The number of aromatic nitrogens is 3. The summed E-state index contributed by atoms with van der Waals surface area (Å²) in [6.45, 7) is 0.749. The highest BCUT2D eigenvalue weighted by Gasteiger charge is 2.28. The number of para-hydroxylation sites is 1. The molecule has 6 heteroatoms. The molecule has 1 aliphatic heterocycles. The maximum atomic E-state index is 13.3. The maximum absolute atomic E-state index is 13.3. The van der Waals surface area contributed by atoms with Gasteiger partial charge in [-0.05, 0) is 42.9 Å². The number of amides is 1. The summed E-state index contributed by atoms with van der Waals surface area (Å²) in [6.07, 6.45) is 5.76. The zero-order chi connectivity index (χ0) is 23.3. The van der Waals surface area contributed by atoms with Gasteiger partial charge in [-0.25, -0.2) is 4.79 Å². The molecule has 1 amide bonds. The third-order valence-corrected chi connectivity index (χ3v) is 6.48. The Morgan fingerprint density at radius 3 is 2.47 bits per heavy atom. The van der Waals surface area contributed by atoms with E-state index in [9.17, 15) is 4.79 Å². The van der Waals surface area contributed by atoms with Crippen LogP contribution in [0.2, 0.25) is 0 Å². The smallest absolute Gasteiger partial charge is 0.346 e. The Hall–Kier alpha value is -3.93. The SMILES string of the molecule is COc1ccccc1-c1ccc(-c2cn(C(=O)N3CCCCC3Cc3ccccc3)nn2)cc1. The normalized spacial score (nSPS) is 15.8. The Morgan fingerprint density at radius 2 is 1.68 bits per heavy atom. The summed E-state index contributed by atoms with van der Waals surface area (Å²) < 4.78 is 6.86. The molecule has 1 aromatic heterocycles. The van der Waals surface area contributed by atoms with Gasteiger partial charge in [-0.1, -0.05) is 78.0 Å². The van der Waals surface area contributed by atoms with Crippen molar-refractivity contribution in [3.8, 4) is 28.1 Å². The van der Waals surface area contributed by atoms with Crippen molar-refractivity contribution >= 4 is 6.03 Å². The Balaban J connectivity index is 1.33. The van der Waals surface area contributed by atoms with Crippen LogP contribution < -0.4 is 4.74 Å². The minimum absolute atomic E-state index is 0.106. The van der Waals surface area contributed by atoms with Crippen LogP contribution in [0.4, 0.5) is 4.79 Å². The number of nitrogens with zero attached hydrogens (tertiary/aromatic N) is 4. The van der Waals surface area contributed by atoms with Crippen LogP contribution in [-0.4, -0.2) is 45.6 Å². The second kappa shape index (κ2) is 9.91. The van der Waals surface area contributed by atoms with Crippen LogP contribution in [-0.2, 0) is 6.42 Å². The van der Waals surface area contributed by atoms with E-state index in [4.69, 9.17) is 4.74 Å². The van der Waals surface area contributed by atoms with Gasteiger partial charge in [0.15, 0.2) is 0 Å². The molecule has 6 nitrogen and oxygen atoms in total. The first-order valence-electron chi connectivity index (χ1n) is 11.7. The molecule has 2 heterocycles. The minimum Gasteiger partial charge on any atom is -0.496 e. The molecule has 3 aromatic carbocycles. The lowest BCUT2D eigenvalue weighted by Gasteiger charge is -2.35. The second-order valence-corrected chi connectivity index (χ2v) is 8.64. The van der Waals surface area contributed by atoms with Crippen molar-refractivity contribution in [2.45, 2.75) is 31.7 Å². The average molecular weight is 453 g/mol. The zero-order valence-corrected chi connectivity index (χ0v) is 19.3. The van der Waals surface area contributed by atoms with E-state index in [-0.39, 0.29) is 12.1 Å². The zero-order valence-electron chi connectivity index (χ0n) is 19.3. The van der Waals surface area contributed by atoms with Crippen LogP contribution >= 0.6 is 0 Å². The van der Waals surface area contributed by atoms with E-state index in [1.165, 1.54) is 10.2 Å². The van der Waals surface area contributed by atoms with Gasteiger partial charge in [0.05, 0.1) is 13.3 Å². The molecule has 34 heavy (non-hydrogen) atoms. The largest absolute Gasteiger partial charge is 0.496 e. The summed E-state index contributed by atoms with van der Waals surface area (Å²) in [5.41, 5.74) is 4.93. The number of methoxy groups -OCH3 is 1. The average Bonchev–Trinajstić information content (AvgIpc) is 3.40. The number of carbonyl (C=O) groups excluding carboxylic acids is 1. The number of likely N-dealkylation sites (tertiary alicyclic amines) is 1. The molecule has 0 saturated carbocycles. The van der Waals surface area contributed by atoms with Crippen LogP contribution in [0.1, 0.15) is 24.8 Å². The molecule has 1 saturated heterocycles. The highest BCUT2D eigenvalue weighted by Crippen LogP contribution is 2.31. The van der Waals surface area contributed by atoms with Crippen LogP contribution in [0, 0.1) is 0 Å². The van der Waals surface area contributed by atoms with Gasteiger partial charge in [0.2, 0.25) is 0 Å². The Labute approximate surface area is 199 Å². The monoisotopic (exact) mass is 452 g/mol. The first-order valence-corrected chi connectivity index (χ1v) is 11.7. The van der Waals surface area contributed by atoms with E-state index >= 15 is 0 Å². The molecular weight excluding hydrogens is 424 g/mol. The van der Waals surface area contributed by atoms with Gasteiger partial charge in [0, 0.05) is 23.7 Å². The Kier molecular flexibility index (Phi) is 6.38. The van der Waals surface area contributed by atoms with Crippen molar-refractivity contribution < 1.29 is 9.53 Å². The maximum Gasteiger partial charge on any atom is 0.346 e. The van der Waals surface area contributed by atoms with Crippen molar-refractivity contribution in [3.63, 3.8) is 0 Å². The lowest BCUT2D eigenvalue weighted by Crippen LogP contribution is -2.46. The van der Waals surface area contributed by atoms with Crippen LogP contribution in [0.25, 0.3) is 22.4 Å². The van der Waals surface area contributed by atoms with Gasteiger partial charge in [0.1, 0.15) is 11.4 Å². The van der Waals surface area contributed by atoms with Crippen molar-refractivity contribution in [3.05, 3.63) is 90.6 Å². The number of benzene rings is 3. The Bertz CT molecular complexity index is 1250. The van der Waals surface area contributed by atoms with Crippen LogP contribution in [0.5, 0.6) is 5.75 Å². The third-order valence-electron chi connectivity index (χ3n) is 6.48. The fourth-order valence-electron chi connectivity index (χ4n) is 4.68. The van der Waals surface area contributed by atoms with Gasteiger partial charge in [-0.15, -0.1) is 5.10 Å². The summed E-state index contributed by atoms with van der Waals surface area (Å²) in [5.74, 6) is 0.832. The molecule has 0 aliphatic carbocycles. The molecule has 1 atom stereocenters. The number of ether oxygens (including phenoxy) is 1. The van der Waals surface area contributed by atoms with Crippen LogP contribution in [0.3, 0.4) is 0 Å². The fraction of sp³-hybridized carbons (Fsp3) is 0.250. The molecule has 1 aliphatic rings. The summed E-state index contributed by atoms with van der Waals surface area (Å²) in [6, 6.07) is 26.4. The predicted octanol–water partition coefficient (Wildman–Crippen LogP) is 5.69. The molecule has 4 aromatic rings. The first kappa shape index (κ1) is 21.9. The van der Waals surface area contributed by atoms with Crippen molar-refractivity contribution in [1.82, 2.24) is 19.9 Å². The third kappa shape index (κ3) is 4.57. The highest BCUT2D eigenvalue weighted by molar-refractivity contribution is 5.78. The number of hydrogen-bond donors (Lipinski definition) is 0. The second-order valence-electron chi connectivity index (χ2n) is 8.64. The standard InChI is InChI=1S/C28H28N4O2/c1-34-27-13-6-5-12-25(27)22-14-16-23(17-15-22)26-20-32(30-29-26)28(33)31-18-8-7-11-24(31)19-21-9-3-2-4-10-21/h2-6,9-10,12-17,20,24H,7-8,11,18-19H2,1H3. The molecule has 0 radical (unpaired) electrons. The first-order chi connectivity index (χ1) is 16.7. The van der Waals surface area contributed by atoms with E-state index < -0.39 is 0 Å². The predicted molar refractivity (Wildman–Crippen MR) is 133 cm³/mol. The van der Waals surface area contributed by atoms with Crippen molar-refractivity contribution in [2.75, 3.05) is 13.7 Å². The van der Waals surface area contributed by atoms with Gasteiger partial charge in [-0.2, -0.15) is 4.68 Å². The highest BCUT2D eigenvalue weighted by atomic mass is 16.5. The van der Waals surface area contributed by atoms with E-state index in [2.05, 4.69) is 22.4 Å². The summed E-state index contributed by atoms with van der Waals surface area (Å²) in [4.78, 5) is 15.3. The van der Waals surface area contributed by atoms with Crippen molar-refractivity contribution in [1.29, 1.82) is 0 Å². The lowest BCUT2D eigenvalue weighted by atomic mass is 9.96. The topological polar surface area (TPSA) is 60.2 Å². The number of carbonyl (C=O) groups is 1. The summed E-state index contributed by atoms with van der Waals surface area (Å²) >= 11 is 0. The lowest BCUT2D eigenvalue weighted by molar-refractivity contribution is 0.149. The molecule has 0 spiro atoms. The minimum atomic E-state index is -0.106. The molecule has 5 rings (SSSR count). The van der Waals surface area contributed by atoms with Crippen molar-refractivity contribution in [2.24, 2.45) is 0 Å². The molecular formula is C28H28N4O2. The van der Waals surface area contributed by atoms with Gasteiger partial charge in [-0.3, -0.25) is 0 Å². The summed E-state index contributed by atoms with van der Waals surface area (Å²) in [7, 11) is 1.68. The fourth-order valence-corrected chi connectivity index (χ4v) is 4.68. The van der Waals surface area contributed by atoms with Gasteiger partial charge in [0.25, 0.3) is 0 Å². The van der Waals surface area contributed by atoms with E-state index in [0.717, 1.165) is 54.7 Å². The molecule has 1 fully saturated rings. The van der Waals surface area contributed by atoms with Crippen LogP contribution in [0.15, 0.2) is 85.1 Å². The Morgan fingerprint density at radius 1 is 0.941 bits per heavy atom. The molecule has 0 N–H and O–H groups in total. The molecule has 172 valence electrons. The quantitative estimate of drug-likeness (QED) is 0.391. The molecule has 1 unspecified atom stereocenters. The van der Waals surface area contributed by atoms with E-state index in [1.807, 2.05) is 71.6 Å². The van der Waals surface area contributed by atoms with E-state index in [0.29, 0.717) is 5.69 Å². The van der Waals surface area contributed by atoms with E-state index in [1.54, 1.807) is 13.3 Å². The summed E-state index contributed by atoms with van der Waals surface area (Å²) in [5, 5.41) is 8.46. The number of rotatable bonds is 5. The number of piperidine rings is 1. The molecule has 0 bridgehead atoms.